The topological polar surface area (TPSA) is 127 Å². The lowest BCUT2D eigenvalue weighted by molar-refractivity contribution is -0.158. The standard InChI is InChI=1S/C39H43NO8/c1-27-14-13-19-31(22-27)33(35(43)20-11-3-4-12-21-41)25-36(44)37(48-28(2)42)34(24-30-17-9-6-10-18-30)38(45)40-32(26-47-39(40)46)23-29-15-7-5-8-16-29/h5-10,13-19,22,25,32,34,37,41H,3-4,11-12,20-21,23-24,26H2,1-2H3. The largest absolute Gasteiger partial charge is 0.453 e. The summed E-state index contributed by atoms with van der Waals surface area (Å²) in [5, 5.41) is 9.09. The molecule has 3 aromatic rings. The molecule has 3 aromatic carbocycles. The van der Waals surface area contributed by atoms with Crippen molar-refractivity contribution in [3.63, 3.8) is 0 Å². The van der Waals surface area contributed by atoms with Crippen molar-refractivity contribution in [3.8, 4) is 0 Å². The van der Waals surface area contributed by atoms with E-state index in [-0.39, 0.29) is 37.4 Å². The van der Waals surface area contributed by atoms with E-state index in [0.29, 0.717) is 30.4 Å². The van der Waals surface area contributed by atoms with Crippen molar-refractivity contribution in [2.24, 2.45) is 5.92 Å². The van der Waals surface area contributed by atoms with Gasteiger partial charge in [0.05, 0.1) is 12.0 Å². The molecule has 9 nitrogen and oxygen atoms in total. The van der Waals surface area contributed by atoms with Crippen LogP contribution in [0.3, 0.4) is 0 Å². The zero-order valence-corrected chi connectivity index (χ0v) is 27.5. The summed E-state index contributed by atoms with van der Waals surface area (Å²) >= 11 is 0. The molecule has 0 spiro atoms. The number of ketones is 2. The Morgan fingerprint density at radius 3 is 2.23 bits per heavy atom. The fourth-order valence-electron chi connectivity index (χ4n) is 5.90. The fourth-order valence-corrected chi connectivity index (χ4v) is 5.90. The summed E-state index contributed by atoms with van der Waals surface area (Å²) in [6, 6.07) is 24.9. The first-order valence-corrected chi connectivity index (χ1v) is 16.4. The molecule has 1 saturated heterocycles. The van der Waals surface area contributed by atoms with Gasteiger partial charge in [0.1, 0.15) is 6.61 Å². The molecule has 1 aliphatic rings. The molecule has 2 amide bonds. The number of amides is 2. The van der Waals surface area contributed by atoms with Crippen molar-refractivity contribution >= 4 is 35.1 Å². The van der Waals surface area contributed by atoms with Crippen LogP contribution in [0.1, 0.15) is 61.3 Å². The molecule has 0 aliphatic carbocycles. The number of nitrogens with zero attached hydrogens (tertiary/aromatic N) is 1. The first-order chi connectivity index (χ1) is 23.2. The average Bonchev–Trinajstić information content (AvgIpc) is 3.44. The first-order valence-electron chi connectivity index (χ1n) is 16.4. The van der Waals surface area contributed by atoms with E-state index in [4.69, 9.17) is 14.6 Å². The molecule has 3 atom stereocenters. The lowest BCUT2D eigenvalue weighted by atomic mass is 9.87. The molecule has 9 heteroatoms. The Balaban J connectivity index is 1.73. The van der Waals surface area contributed by atoms with Crippen molar-refractivity contribution < 1.29 is 38.6 Å². The normalized spacial score (nSPS) is 15.8. The summed E-state index contributed by atoms with van der Waals surface area (Å²) in [6.07, 6.45) is 1.93. The third-order valence-electron chi connectivity index (χ3n) is 8.30. The summed E-state index contributed by atoms with van der Waals surface area (Å²) in [7, 11) is 0. The minimum Gasteiger partial charge on any atom is -0.453 e. The predicted octanol–water partition coefficient (Wildman–Crippen LogP) is 5.84. The van der Waals surface area contributed by atoms with E-state index < -0.39 is 41.8 Å². The van der Waals surface area contributed by atoms with Crippen LogP contribution in [0.4, 0.5) is 4.79 Å². The Morgan fingerprint density at radius 2 is 1.58 bits per heavy atom. The van der Waals surface area contributed by atoms with Gasteiger partial charge in [-0.1, -0.05) is 103 Å². The molecule has 1 heterocycles. The Labute approximate surface area is 281 Å². The second-order valence-electron chi connectivity index (χ2n) is 12.1. The van der Waals surface area contributed by atoms with E-state index in [2.05, 4.69) is 0 Å². The highest BCUT2D eigenvalue weighted by Gasteiger charge is 2.45. The van der Waals surface area contributed by atoms with E-state index in [1.807, 2.05) is 49.4 Å². The molecule has 0 saturated carbocycles. The van der Waals surface area contributed by atoms with Gasteiger partial charge in [0.2, 0.25) is 5.91 Å². The summed E-state index contributed by atoms with van der Waals surface area (Å²) in [5.41, 5.74) is 3.15. The Morgan fingerprint density at radius 1 is 0.917 bits per heavy atom. The highest BCUT2D eigenvalue weighted by atomic mass is 16.6. The Kier molecular flexibility index (Phi) is 13.4. The third kappa shape index (κ3) is 10.1. The molecule has 4 rings (SSSR count). The number of aliphatic hydroxyl groups excluding tert-OH is 1. The van der Waals surface area contributed by atoms with Gasteiger partial charge in [-0.3, -0.25) is 19.2 Å². The van der Waals surface area contributed by atoms with Gasteiger partial charge in [-0.05, 0) is 55.4 Å². The molecule has 252 valence electrons. The van der Waals surface area contributed by atoms with Gasteiger partial charge in [-0.2, -0.15) is 0 Å². The van der Waals surface area contributed by atoms with E-state index >= 15 is 0 Å². The number of hydrogen-bond acceptors (Lipinski definition) is 8. The number of cyclic esters (lactones) is 1. The number of benzene rings is 3. The predicted molar refractivity (Wildman–Crippen MR) is 181 cm³/mol. The van der Waals surface area contributed by atoms with Crippen LogP contribution in [0.15, 0.2) is 91.0 Å². The van der Waals surface area contributed by atoms with Crippen LogP contribution >= 0.6 is 0 Å². The number of aliphatic hydroxyl groups is 1. The van der Waals surface area contributed by atoms with E-state index in [1.54, 1.807) is 42.5 Å². The average molecular weight is 654 g/mol. The van der Waals surface area contributed by atoms with Gasteiger partial charge in [-0.15, -0.1) is 0 Å². The van der Waals surface area contributed by atoms with Gasteiger partial charge in [0.15, 0.2) is 17.7 Å². The van der Waals surface area contributed by atoms with Crippen molar-refractivity contribution in [1.82, 2.24) is 4.90 Å². The van der Waals surface area contributed by atoms with E-state index in [0.717, 1.165) is 35.8 Å². The maximum atomic E-state index is 14.4. The maximum absolute atomic E-state index is 14.4. The van der Waals surface area contributed by atoms with Gasteiger partial charge >= 0.3 is 12.1 Å². The molecular weight excluding hydrogens is 610 g/mol. The molecule has 3 unspecified atom stereocenters. The van der Waals surface area contributed by atoms with E-state index in [9.17, 15) is 24.0 Å². The van der Waals surface area contributed by atoms with Crippen LogP contribution in [-0.2, 0) is 41.5 Å². The van der Waals surface area contributed by atoms with Gasteiger partial charge in [0, 0.05) is 25.5 Å². The van der Waals surface area contributed by atoms with Gasteiger partial charge in [-0.25, -0.2) is 9.69 Å². The number of hydrogen-bond donors (Lipinski definition) is 1. The van der Waals surface area contributed by atoms with Crippen LogP contribution < -0.4 is 0 Å². The molecule has 0 aromatic heterocycles. The van der Waals surface area contributed by atoms with Crippen molar-refractivity contribution in [2.45, 2.75) is 70.9 Å². The molecule has 1 N–H and O–H groups in total. The smallest absolute Gasteiger partial charge is 0.416 e. The van der Waals surface area contributed by atoms with Crippen LogP contribution in [0, 0.1) is 12.8 Å². The first kappa shape index (κ1) is 36.0. The number of ether oxygens (including phenoxy) is 2. The number of rotatable bonds is 17. The van der Waals surface area contributed by atoms with Gasteiger partial charge in [0.25, 0.3) is 0 Å². The van der Waals surface area contributed by atoms with Crippen molar-refractivity contribution in [3.05, 3.63) is 113 Å². The summed E-state index contributed by atoms with van der Waals surface area (Å²) in [5.74, 6) is -3.79. The molecule has 1 aliphatic heterocycles. The number of aryl methyl sites for hydroxylation is 1. The van der Waals surface area contributed by atoms with Gasteiger partial charge < -0.3 is 14.6 Å². The number of carbonyl (C=O) groups excluding carboxylic acids is 5. The monoisotopic (exact) mass is 653 g/mol. The summed E-state index contributed by atoms with van der Waals surface area (Å²) in [6.45, 7) is 3.09. The maximum Gasteiger partial charge on any atom is 0.416 e. The van der Waals surface area contributed by atoms with Crippen LogP contribution in [0.25, 0.3) is 5.57 Å². The Hall–Kier alpha value is -4.89. The zero-order valence-electron chi connectivity index (χ0n) is 27.5. The Bertz CT molecular complexity index is 1600. The summed E-state index contributed by atoms with van der Waals surface area (Å²) < 4.78 is 10.9. The minimum atomic E-state index is -1.63. The van der Waals surface area contributed by atoms with Crippen LogP contribution in [-0.4, -0.2) is 64.9 Å². The molecule has 48 heavy (non-hydrogen) atoms. The minimum absolute atomic E-state index is 0.0163. The SMILES string of the molecule is CC(=O)OC(C(=O)C=C(C(=O)CCCCCCO)c1cccc(C)c1)C(Cc1ccccc1)C(=O)N1C(=O)OCC1Cc1ccccc1. The number of unbranched alkanes of at least 4 members (excludes halogenated alkanes) is 3. The zero-order chi connectivity index (χ0) is 34.5. The van der Waals surface area contributed by atoms with Crippen LogP contribution in [0.2, 0.25) is 0 Å². The number of esters is 1. The fraction of sp³-hybridized carbons (Fsp3) is 0.359. The number of carbonyl (C=O) groups is 5. The number of Topliss-reactive ketones (excluding diaryl/α,β-unsaturated/α-hetero) is 1. The number of allylic oxidation sites excluding steroid dienone is 1. The molecule has 0 bridgehead atoms. The highest BCUT2D eigenvalue weighted by molar-refractivity contribution is 6.25. The molecule has 1 fully saturated rings. The lowest BCUT2D eigenvalue weighted by Gasteiger charge is -2.29. The van der Waals surface area contributed by atoms with Crippen molar-refractivity contribution in [1.29, 1.82) is 0 Å². The molecule has 0 radical (unpaired) electrons. The second-order valence-corrected chi connectivity index (χ2v) is 12.1. The highest BCUT2D eigenvalue weighted by Crippen LogP contribution is 2.28. The number of imide groups is 1. The second kappa shape index (κ2) is 17.9. The lowest BCUT2D eigenvalue weighted by Crippen LogP contribution is -2.49. The third-order valence-corrected chi connectivity index (χ3v) is 8.30. The molecular formula is C39H43NO8. The quantitative estimate of drug-likeness (QED) is 0.109. The van der Waals surface area contributed by atoms with Crippen molar-refractivity contribution in [2.75, 3.05) is 13.2 Å². The van der Waals surface area contributed by atoms with E-state index in [1.165, 1.54) is 6.08 Å². The summed E-state index contributed by atoms with van der Waals surface area (Å²) in [4.78, 5) is 68.9. The van der Waals surface area contributed by atoms with Crippen LogP contribution in [0.5, 0.6) is 0 Å².